The molecule has 32 heavy (non-hydrogen) atoms. The maximum absolute atomic E-state index is 12.6. The highest BCUT2D eigenvalue weighted by molar-refractivity contribution is 5.79. The largest absolute Gasteiger partial charge is 0.494 e. The van der Waals surface area contributed by atoms with E-state index < -0.39 is 0 Å². The van der Waals surface area contributed by atoms with Crippen LogP contribution in [0.1, 0.15) is 24.5 Å². The highest BCUT2D eigenvalue weighted by atomic mass is 16.5. The molecule has 2 aromatic carbocycles. The van der Waals surface area contributed by atoms with E-state index in [9.17, 15) is 9.59 Å². The van der Waals surface area contributed by atoms with Crippen molar-refractivity contribution >= 4 is 11.8 Å². The fourth-order valence-electron chi connectivity index (χ4n) is 3.49. The van der Waals surface area contributed by atoms with Crippen molar-refractivity contribution in [2.24, 2.45) is 0 Å². The van der Waals surface area contributed by atoms with Gasteiger partial charge in [0.15, 0.2) is 13.2 Å². The normalized spacial score (nSPS) is 14.0. The van der Waals surface area contributed by atoms with Crippen molar-refractivity contribution in [3.8, 4) is 17.2 Å². The van der Waals surface area contributed by atoms with Gasteiger partial charge in [0.2, 0.25) is 0 Å². The lowest BCUT2D eigenvalue weighted by molar-refractivity contribution is -0.135. The summed E-state index contributed by atoms with van der Waals surface area (Å²) in [4.78, 5) is 28.7. The maximum Gasteiger partial charge on any atom is 0.260 e. The third-order valence-corrected chi connectivity index (χ3v) is 5.54. The van der Waals surface area contributed by atoms with Gasteiger partial charge in [-0.15, -0.1) is 0 Å². The molecule has 1 heterocycles. The molecule has 0 unspecified atom stereocenters. The van der Waals surface area contributed by atoms with E-state index in [-0.39, 0.29) is 25.0 Å². The van der Waals surface area contributed by atoms with E-state index in [4.69, 9.17) is 14.2 Å². The second kappa shape index (κ2) is 11.4. The van der Waals surface area contributed by atoms with E-state index in [1.165, 1.54) is 5.56 Å². The number of hydrogen-bond donors (Lipinski definition) is 0. The van der Waals surface area contributed by atoms with Crippen LogP contribution in [-0.4, -0.2) is 67.6 Å². The van der Waals surface area contributed by atoms with E-state index in [1.807, 2.05) is 51.1 Å². The lowest BCUT2D eigenvalue weighted by atomic mass is 10.1. The first kappa shape index (κ1) is 23.4. The first-order valence-electron chi connectivity index (χ1n) is 11.1. The third kappa shape index (κ3) is 6.64. The van der Waals surface area contributed by atoms with Crippen molar-refractivity contribution in [2.45, 2.75) is 27.2 Å². The molecule has 0 aliphatic carbocycles. The summed E-state index contributed by atoms with van der Waals surface area (Å²) in [6, 6.07) is 13.0. The Balaban J connectivity index is 1.43. The van der Waals surface area contributed by atoms with Crippen molar-refractivity contribution in [1.29, 1.82) is 0 Å². The Hall–Kier alpha value is -3.22. The number of carbonyl (C=O) groups excluding carboxylic acids is 2. The van der Waals surface area contributed by atoms with Crippen LogP contribution in [0.2, 0.25) is 0 Å². The lowest BCUT2D eigenvalue weighted by Gasteiger charge is -2.22. The van der Waals surface area contributed by atoms with Crippen LogP contribution in [0.3, 0.4) is 0 Å². The Bertz CT molecular complexity index is 913. The molecule has 2 aromatic rings. The van der Waals surface area contributed by atoms with Crippen LogP contribution in [0.15, 0.2) is 42.5 Å². The Kier molecular flexibility index (Phi) is 8.36. The van der Waals surface area contributed by atoms with Gasteiger partial charge >= 0.3 is 0 Å². The number of amides is 2. The fraction of sp³-hybridized carbons (Fsp3) is 0.440. The van der Waals surface area contributed by atoms with Crippen LogP contribution in [0.5, 0.6) is 17.2 Å². The van der Waals surface area contributed by atoms with Crippen LogP contribution < -0.4 is 14.2 Å². The molecule has 0 atom stereocenters. The molecule has 0 saturated carbocycles. The molecule has 1 saturated heterocycles. The van der Waals surface area contributed by atoms with Gasteiger partial charge in [-0.05, 0) is 74.7 Å². The molecule has 3 rings (SSSR count). The molecule has 1 aliphatic heterocycles. The molecule has 0 aromatic heterocycles. The maximum atomic E-state index is 12.6. The van der Waals surface area contributed by atoms with Gasteiger partial charge in [-0.1, -0.05) is 6.07 Å². The summed E-state index contributed by atoms with van der Waals surface area (Å²) in [6.45, 7) is 8.75. The van der Waals surface area contributed by atoms with Crippen LogP contribution in [0.25, 0.3) is 0 Å². The van der Waals surface area contributed by atoms with E-state index in [1.54, 1.807) is 21.9 Å². The highest BCUT2D eigenvalue weighted by Crippen LogP contribution is 2.18. The summed E-state index contributed by atoms with van der Waals surface area (Å²) in [7, 11) is 0. The monoisotopic (exact) mass is 440 g/mol. The number of benzene rings is 2. The SMILES string of the molecule is CCOc1ccc(OCC(=O)N2CCCN(C(=O)COc3ccc(C)c(C)c3)CC2)cc1. The van der Waals surface area contributed by atoms with Gasteiger partial charge in [0.05, 0.1) is 6.61 Å². The molecule has 0 N–H and O–H groups in total. The predicted octanol–water partition coefficient (Wildman–Crippen LogP) is 3.22. The van der Waals surface area contributed by atoms with E-state index in [0.29, 0.717) is 44.3 Å². The van der Waals surface area contributed by atoms with E-state index in [2.05, 4.69) is 0 Å². The summed E-state index contributed by atoms with van der Waals surface area (Å²) in [5.41, 5.74) is 2.32. The van der Waals surface area contributed by atoms with Crippen molar-refractivity contribution in [2.75, 3.05) is 46.0 Å². The molecular weight excluding hydrogens is 408 g/mol. The van der Waals surface area contributed by atoms with E-state index in [0.717, 1.165) is 17.7 Å². The topological polar surface area (TPSA) is 68.3 Å². The van der Waals surface area contributed by atoms with Gasteiger partial charge in [0.1, 0.15) is 17.2 Å². The Labute approximate surface area is 189 Å². The summed E-state index contributed by atoms with van der Waals surface area (Å²) < 4.78 is 16.7. The highest BCUT2D eigenvalue weighted by Gasteiger charge is 2.22. The zero-order chi connectivity index (χ0) is 22.9. The molecule has 1 aliphatic rings. The van der Waals surface area contributed by atoms with E-state index >= 15 is 0 Å². The fourth-order valence-corrected chi connectivity index (χ4v) is 3.49. The van der Waals surface area contributed by atoms with Gasteiger partial charge < -0.3 is 24.0 Å². The molecular formula is C25H32N2O5. The van der Waals surface area contributed by atoms with Gasteiger partial charge in [0.25, 0.3) is 11.8 Å². The second-order valence-corrected chi connectivity index (χ2v) is 7.84. The average Bonchev–Trinajstić information content (AvgIpc) is 3.06. The Morgan fingerprint density at radius 2 is 1.22 bits per heavy atom. The number of hydrogen-bond acceptors (Lipinski definition) is 5. The number of rotatable bonds is 8. The molecule has 172 valence electrons. The van der Waals surface area contributed by atoms with Gasteiger partial charge in [-0.25, -0.2) is 0 Å². The molecule has 0 radical (unpaired) electrons. The smallest absolute Gasteiger partial charge is 0.260 e. The lowest BCUT2D eigenvalue weighted by Crippen LogP contribution is -2.40. The van der Waals surface area contributed by atoms with Crippen LogP contribution in [0.4, 0.5) is 0 Å². The predicted molar refractivity (Wildman–Crippen MR) is 122 cm³/mol. The van der Waals surface area contributed by atoms with Gasteiger partial charge in [-0.3, -0.25) is 9.59 Å². The minimum atomic E-state index is -0.0837. The first-order valence-corrected chi connectivity index (χ1v) is 11.1. The quantitative estimate of drug-likeness (QED) is 0.631. The number of carbonyl (C=O) groups is 2. The molecule has 2 amide bonds. The molecule has 7 heteroatoms. The van der Waals surface area contributed by atoms with Gasteiger partial charge in [-0.2, -0.15) is 0 Å². The molecule has 0 bridgehead atoms. The van der Waals surface area contributed by atoms with Crippen LogP contribution in [0, 0.1) is 13.8 Å². The van der Waals surface area contributed by atoms with Gasteiger partial charge in [0, 0.05) is 26.2 Å². The molecule has 1 fully saturated rings. The minimum absolute atomic E-state index is 0.00268. The standard InChI is InChI=1S/C25H32N2O5/c1-4-30-21-8-10-22(11-9-21)31-17-24(28)26-12-5-13-27(15-14-26)25(29)18-32-23-7-6-19(2)20(3)16-23/h6-11,16H,4-5,12-15,17-18H2,1-3H3. The Morgan fingerprint density at radius 1 is 0.719 bits per heavy atom. The zero-order valence-corrected chi connectivity index (χ0v) is 19.1. The molecule has 0 spiro atoms. The molecule has 7 nitrogen and oxygen atoms in total. The Morgan fingerprint density at radius 3 is 1.75 bits per heavy atom. The van der Waals surface area contributed by atoms with Crippen LogP contribution >= 0.6 is 0 Å². The third-order valence-electron chi connectivity index (χ3n) is 5.54. The summed E-state index contributed by atoms with van der Waals surface area (Å²) in [5, 5.41) is 0. The summed E-state index contributed by atoms with van der Waals surface area (Å²) in [5.74, 6) is 1.93. The second-order valence-electron chi connectivity index (χ2n) is 7.84. The number of ether oxygens (including phenoxy) is 3. The minimum Gasteiger partial charge on any atom is -0.494 e. The van der Waals surface area contributed by atoms with Crippen LogP contribution in [-0.2, 0) is 9.59 Å². The average molecular weight is 441 g/mol. The zero-order valence-electron chi connectivity index (χ0n) is 19.1. The summed E-state index contributed by atoms with van der Waals surface area (Å²) in [6.07, 6.45) is 0.726. The number of nitrogens with zero attached hydrogens (tertiary/aromatic N) is 2. The van der Waals surface area contributed by atoms with Crippen molar-refractivity contribution in [3.63, 3.8) is 0 Å². The first-order chi connectivity index (χ1) is 15.5. The van der Waals surface area contributed by atoms with Crippen molar-refractivity contribution in [1.82, 2.24) is 9.80 Å². The van der Waals surface area contributed by atoms with Crippen molar-refractivity contribution in [3.05, 3.63) is 53.6 Å². The number of aryl methyl sites for hydroxylation is 2. The van der Waals surface area contributed by atoms with Crippen molar-refractivity contribution < 1.29 is 23.8 Å². The summed E-state index contributed by atoms with van der Waals surface area (Å²) >= 11 is 0.